The summed E-state index contributed by atoms with van der Waals surface area (Å²) in [6.45, 7) is 4.04. The molecule has 0 bridgehead atoms. The van der Waals surface area contributed by atoms with E-state index in [2.05, 4.69) is 0 Å². The molecule has 1 aliphatic rings. The number of hydrogen-bond acceptors (Lipinski definition) is 4. The van der Waals surface area contributed by atoms with Crippen LogP contribution in [0, 0.1) is 5.92 Å². The third kappa shape index (κ3) is 4.44. The summed E-state index contributed by atoms with van der Waals surface area (Å²) >= 11 is 0. The second-order valence-electron chi connectivity index (χ2n) is 4.21. The van der Waals surface area contributed by atoms with Gasteiger partial charge in [0.1, 0.15) is 12.4 Å². The zero-order chi connectivity index (χ0) is 12.7. The van der Waals surface area contributed by atoms with Crippen LogP contribution in [0.5, 0.6) is 0 Å². The van der Waals surface area contributed by atoms with E-state index in [1.807, 2.05) is 6.92 Å². The highest BCUT2D eigenvalue weighted by Gasteiger charge is 2.28. The summed E-state index contributed by atoms with van der Waals surface area (Å²) in [5, 5.41) is 0. The Hall–Kier alpha value is -0.940. The van der Waals surface area contributed by atoms with Crippen molar-refractivity contribution in [3.63, 3.8) is 0 Å². The molecule has 17 heavy (non-hydrogen) atoms. The molecule has 1 unspecified atom stereocenters. The van der Waals surface area contributed by atoms with Crippen molar-refractivity contribution in [1.82, 2.24) is 4.90 Å². The average Bonchev–Trinajstić information content (AvgIpc) is 2.35. The van der Waals surface area contributed by atoms with Gasteiger partial charge in [-0.1, -0.05) is 6.92 Å². The van der Waals surface area contributed by atoms with Crippen LogP contribution in [0.1, 0.15) is 19.8 Å². The predicted molar refractivity (Wildman–Crippen MR) is 62.7 cm³/mol. The van der Waals surface area contributed by atoms with Gasteiger partial charge in [0.05, 0.1) is 13.2 Å². The Kier molecular flexibility index (Phi) is 6.15. The molecule has 1 atom stereocenters. The number of ketones is 1. The fourth-order valence-electron chi connectivity index (χ4n) is 1.88. The largest absolute Gasteiger partial charge is 0.382 e. The van der Waals surface area contributed by atoms with Gasteiger partial charge >= 0.3 is 0 Å². The lowest BCUT2D eigenvalue weighted by Crippen LogP contribution is -2.45. The summed E-state index contributed by atoms with van der Waals surface area (Å²) in [6, 6.07) is 0. The summed E-state index contributed by atoms with van der Waals surface area (Å²) < 4.78 is 10.0. The number of carbonyl (C=O) groups excluding carboxylic acids is 2. The number of piperidine rings is 1. The monoisotopic (exact) mass is 243 g/mol. The lowest BCUT2D eigenvalue weighted by molar-refractivity contribution is -0.141. The van der Waals surface area contributed by atoms with Crippen molar-refractivity contribution >= 4 is 11.7 Å². The van der Waals surface area contributed by atoms with Crippen molar-refractivity contribution in [1.29, 1.82) is 0 Å². The van der Waals surface area contributed by atoms with Crippen LogP contribution in [0.25, 0.3) is 0 Å². The molecule has 1 saturated heterocycles. The molecule has 1 rings (SSSR count). The number of Topliss-reactive ketones (excluding diaryl/α,β-unsaturated/α-hetero) is 1. The number of likely N-dealkylation sites (tertiary alicyclic amines) is 1. The minimum atomic E-state index is -0.0351. The third-order valence-corrected chi connectivity index (χ3v) is 3.03. The van der Waals surface area contributed by atoms with Crippen LogP contribution >= 0.6 is 0 Å². The molecule has 1 heterocycles. The molecule has 0 spiro atoms. The number of amides is 1. The highest BCUT2D eigenvalue weighted by Crippen LogP contribution is 2.15. The van der Waals surface area contributed by atoms with Gasteiger partial charge in [0.15, 0.2) is 0 Å². The predicted octanol–water partition coefficient (Wildman–Crippen LogP) is 0.477. The van der Waals surface area contributed by atoms with Gasteiger partial charge in [0, 0.05) is 32.5 Å². The maximum Gasteiger partial charge on any atom is 0.248 e. The van der Waals surface area contributed by atoms with Crippen LogP contribution in [0.2, 0.25) is 0 Å². The normalized spacial score (nSPS) is 20.7. The Morgan fingerprint density at radius 2 is 2.24 bits per heavy atom. The second kappa shape index (κ2) is 7.40. The van der Waals surface area contributed by atoms with Gasteiger partial charge in [-0.15, -0.1) is 0 Å². The third-order valence-electron chi connectivity index (χ3n) is 3.03. The minimum Gasteiger partial charge on any atom is -0.382 e. The van der Waals surface area contributed by atoms with Gasteiger partial charge < -0.3 is 14.4 Å². The van der Waals surface area contributed by atoms with E-state index in [-0.39, 0.29) is 24.2 Å². The Bertz CT molecular complexity index is 267. The van der Waals surface area contributed by atoms with E-state index in [1.165, 1.54) is 0 Å². The number of ether oxygens (including phenoxy) is 2. The lowest BCUT2D eigenvalue weighted by atomic mass is 9.94. The lowest BCUT2D eigenvalue weighted by Gasteiger charge is -2.31. The molecular formula is C12H21NO4. The highest BCUT2D eigenvalue weighted by atomic mass is 16.5. The summed E-state index contributed by atoms with van der Waals surface area (Å²) in [7, 11) is 1.59. The van der Waals surface area contributed by atoms with Crippen LogP contribution in [0.4, 0.5) is 0 Å². The molecule has 0 aromatic heterocycles. The number of hydrogen-bond donors (Lipinski definition) is 0. The Morgan fingerprint density at radius 1 is 1.47 bits per heavy atom. The molecule has 1 fully saturated rings. The van der Waals surface area contributed by atoms with Crippen molar-refractivity contribution in [2.45, 2.75) is 19.8 Å². The van der Waals surface area contributed by atoms with E-state index in [0.29, 0.717) is 32.7 Å². The van der Waals surface area contributed by atoms with Crippen molar-refractivity contribution in [2.24, 2.45) is 5.92 Å². The molecule has 0 N–H and O–H groups in total. The smallest absolute Gasteiger partial charge is 0.248 e. The molecule has 0 aromatic carbocycles. The molecule has 1 amide bonds. The van der Waals surface area contributed by atoms with Crippen molar-refractivity contribution < 1.29 is 19.1 Å². The maximum atomic E-state index is 11.8. The fraction of sp³-hybridized carbons (Fsp3) is 0.833. The number of carbonyl (C=O) groups is 2. The molecule has 0 aliphatic carbocycles. The van der Waals surface area contributed by atoms with Gasteiger partial charge in [-0.25, -0.2) is 0 Å². The Morgan fingerprint density at radius 3 is 2.88 bits per heavy atom. The first-order valence-electron chi connectivity index (χ1n) is 6.06. The van der Waals surface area contributed by atoms with Gasteiger partial charge in [-0.3, -0.25) is 9.59 Å². The van der Waals surface area contributed by atoms with Gasteiger partial charge in [0.2, 0.25) is 5.91 Å². The first-order chi connectivity index (χ1) is 8.19. The van der Waals surface area contributed by atoms with Crippen molar-refractivity contribution in [3.8, 4) is 0 Å². The van der Waals surface area contributed by atoms with E-state index < -0.39 is 0 Å². The highest BCUT2D eigenvalue weighted by molar-refractivity contribution is 5.85. The fourth-order valence-corrected chi connectivity index (χ4v) is 1.88. The Balaban J connectivity index is 2.29. The minimum absolute atomic E-state index is 0.00618. The van der Waals surface area contributed by atoms with Crippen LogP contribution in [0.3, 0.4) is 0 Å². The summed E-state index contributed by atoms with van der Waals surface area (Å²) in [4.78, 5) is 25.0. The number of methoxy groups -OCH3 is 1. The maximum absolute atomic E-state index is 11.8. The van der Waals surface area contributed by atoms with E-state index in [0.717, 1.165) is 6.42 Å². The molecule has 98 valence electrons. The number of nitrogens with zero attached hydrogens (tertiary/aromatic N) is 1. The molecule has 0 saturated carbocycles. The Labute approximate surface area is 102 Å². The number of rotatable bonds is 6. The molecular weight excluding hydrogens is 222 g/mol. The van der Waals surface area contributed by atoms with E-state index >= 15 is 0 Å². The van der Waals surface area contributed by atoms with E-state index in [4.69, 9.17) is 9.47 Å². The molecule has 1 aliphatic heterocycles. The second-order valence-corrected chi connectivity index (χ2v) is 4.21. The van der Waals surface area contributed by atoms with E-state index in [9.17, 15) is 9.59 Å². The topological polar surface area (TPSA) is 55.8 Å². The molecule has 5 heteroatoms. The van der Waals surface area contributed by atoms with Gasteiger partial charge in [-0.05, 0) is 6.42 Å². The summed E-state index contributed by atoms with van der Waals surface area (Å²) in [5.74, 6) is 0.246. The van der Waals surface area contributed by atoms with Crippen LogP contribution < -0.4 is 0 Å². The van der Waals surface area contributed by atoms with Gasteiger partial charge in [-0.2, -0.15) is 0 Å². The molecule has 0 radical (unpaired) electrons. The average molecular weight is 243 g/mol. The zero-order valence-corrected chi connectivity index (χ0v) is 10.6. The standard InChI is InChI=1S/C12H21NO4/c1-3-10-8-13(5-4-11(10)14)12(15)9-17-7-6-16-2/h10H,3-9H2,1-2H3. The molecule has 0 aromatic rings. The van der Waals surface area contributed by atoms with Crippen LogP contribution in [0.15, 0.2) is 0 Å². The summed E-state index contributed by atoms with van der Waals surface area (Å²) in [6.07, 6.45) is 1.27. The summed E-state index contributed by atoms with van der Waals surface area (Å²) in [5.41, 5.74) is 0. The van der Waals surface area contributed by atoms with Gasteiger partial charge in [0.25, 0.3) is 0 Å². The zero-order valence-electron chi connectivity index (χ0n) is 10.6. The van der Waals surface area contributed by atoms with Crippen molar-refractivity contribution in [2.75, 3.05) is 40.0 Å². The molecule has 5 nitrogen and oxygen atoms in total. The van der Waals surface area contributed by atoms with Crippen LogP contribution in [-0.4, -0.2) is 56.6 Å². The first-order valence-corrected chi connectivity index (χ1v) is 6.06. The van der Waals surface area contributed by atoms with E-state index in [1.54, 1.807) is 12.0 Å². The first kappa shape index (κ1) is 14.1. The quantitative estimate of drug-likeness (QED) is 0.637. The van der Waals surface area contributed by atoms with Crippen molar-refractivity contribution in [3.05, 3.63) is 0 Å². The SMILES string of the molecule is CCC1CN(C(=O)COCCOC)CCC1=O. The van der Waals surface area contributed by atoms with Crippen LogP contribution in [-0.2, 0) is 19.1 Å².